The number of hydrogen-bond donors (Lipinski definition) is 0. The van der Waals surface area contributed by atoms with Gasteiger partial charge < -0.3 is 4.90 Å². The number of sulfonamides is 1. The van der Waals surface area contributed by atoms with E-state index in [4.69, 9.17) is 0 Å². The predicted octanol–water partition coefficient (Wildman–Crippen LogP) is 3.28. The molecule has 144 valence electrons. The number of benzene rings is 2. The Morgan fingerprint density at radius 1 is 0.852 bits per heavy atom. The molecule has 0 aromatic heterocycles. The molecule has 0 bridgehead atoms. The molecule has 0 saturated carbocycles. The van der Waals surface area contributed by atoms with Crippen LogP contribution < -0.4 is 0 Å². The van der Waals surface area contributed by atoms with Crippen molar-refractivity contribution in [3.05, 3.63) is 66.2 Å². The highest BCUT2D eigenvalue weighted by Crippen LogP contribution is 2.19. The summed E-state index contributed by atoms with van der Waals surface area (Å²) in [6.07, 6.45) is 4.21. The van der Waals surface area contributed by atoms with Gasteiger partial charge >= 0.3 is 0 Å². The second kappa shape index (κ2) is 9.15. The SMILES string of the molecule is O=C(CN(Cc1ccccc1)S(=O)(=O)c1ccccc1)N1CCCCCC1. The van der Waals surface area contributed by atoms with Crippen molar-refractivity contribution in [1.29, 1.82) is 0 Å². The molecule has 0 atom stereocenters. The zero-order valence-corrected chi connectivity index (χ0v) is 16.3. The van der Waals surface area contributed by atoms with E-state index in [2.05, 4.69) is 0 Å². The van der Waals surface area contributed by atoms with Crippen LogP contribution in [0.2, 0.25) is 0 Å². The minimum atomic E-state index is -3.76. The third kappa shape index (κ3) is 5.17. The van der Waals surface area contributed by atoms with E-state index in [0.29, 0.717) is 13.1 Å². The molecule has 2 aromatic carbocycles. The van der Waals surface area contributed by atoms with Crippen molar-refractivity contribution >= 4 is 15.9 Å². The Labute approximate surface area is 161 Å². The number of hydrogen-bond acceptors (Lipinski definition) is 3. The molecule has 1 aliphatic rings. The quantitative estimate of drug-likeness (QED) is 0.766. The van der Waals surface area contributed by atoms with Crippen molar-refractivity contribution in [2.45, 2.75) is 37.1 Å². The summed E-state index contributed by atoms with van der Waals surface area (Å²) in [4.78, 5) is 14.9. The molecule has 27 heavy (non-hydrogen) atoms. The summed E-state index contributed by atoms with van der Waals surface area (Å²) in [5.41, 5.74) is 0.862. The molecule has 6 heteroatoms. The molecule has 3 rings (SSSR count). The highest BCUT2D eigenvalue weighted by molar-refractivity contribution is 7.89. The van der Waals surface area contributed by atoms with Crippen molar-refractivity contribution < 1.29 is 13.2 Å². The first kappa shape index (κ1) is 19.6. The van der Waals surface area contributed by atoms with Gasteiger partial charge in [-0.3, -0.25) is 4.79 Å². The van der Waals surface area contributed by atoms with Gasteiger partial charge in [-0.15, -0.1) is 0 Å². The Morgan fingerprint density at radius 3 is 2.00 bits per heavy atom. The average Bonchev–Trinajstić information content (AvgIpc) is 2.98. The first-order chi connectivity index (χ1) is 13.1. The van der Waals surface area contributed by atoms with Gasteiger partial charge in [0.25, 0.3) is 0 Å². The number of carbonyl (C=O) groups excluding carboxylic acids is 1. The van der Waals surface area contributed by atoms with Crippen LogP contribution in [-0.4, -0.2) is 43.2 Å². The van der Waals surface area contributed by atoms with Gasteiger partial charge in [0.05, 0.1) is 11.4 Å². The molecule has 1 aliphatic heterocycles. The minimum absolute atomic E-state index is 0.118. The monoisotopic (exact) mass is 386 g/mol. The fourth-order valence-electron chi connectivity index (χ4n) is 3.33. The summed E-state index contributed by atoms with van der Waals surface area (Å²) < 4.78 is 27.7. The van der Waals surface area contributed by atoms with Gasteiger partial charge in [-0.1, -0.05) is 61.4 Å². The second-order valence-electron chi connectivity index (χ2n) is 6.87. The van der Waals surface area contributed by atoms with Gasteiger partial charge in [-0.05, 0) is 30.5 Å². The summed E-state index contributed by atoms with van der Waals surface area (Å²) in [5, 5.41) is 0. The van der Waals surface area contributed by atoms with Crippen molar-refractivity contribution in [2.75, 3.05) is 19.6 Å². The number of amides is 1. The molecule has 0 aliphatic carbocycles. The van der Waals surface area contributed by atoms with Gasteiger partial charge in [-0.25, -0.2) is 8.42 Å². The lowest BCUT2D eigenvalue weighted by atomic mass is 10.2. The van der Waals surface area contributed by atoms with Crippen LogP contribution in [0.1, 0.15) is 31.2 Å². The molecule has 1 saturated heterocycles. The van der Waals surface area contributed by atoms with E-state index < -0.39 is 10.0 Å². The van der Waals surface area contributed by atoms with Crippen LogP contribution in [0.25, 0.3) is 0 Å². The summed E-state index contributed by atoms with van der Waals surface area (Å²) in [6.45, 7) is 1.47. The van der Waals surface area contributed by atoms with Crippen LogP contribution in [0.15, 0.2) is 65.6 Å². The minimum Gasteiger partial charge on any atom is -0.342 e. The molecular weight excluding hydrogens is 360 g/mol. The lowest BCUT2D eigenvalue weighted by Gasteiger charge is -2.26. The smallest absolute Gasteiger partial charge is 0.243 e. The Bertz CT molecular complexity index is 830. The van der Waals surface area contributed by atoms with Gasteiger partial charge in [0.15, 0.2) is 0 Å². The normalized spacial score (nSPS) is 15.5. The Kier molecular flexibility index (Phi) is 6.63. The van der Waals surface area contributed by atoms with Crippen molar-refractivity contribution in [2.24, 2.45) is 0 Å². The molecule has 0 radical (unpaired) electrons. The maximum absolute atomic E-state index is 13.2. The molecule has 0 unspecified atom stereocenters. The largest absolute Gasteiger partial charge is 0.342 e. The highest BCUT2D eigenvalue weighted by Gasteiger charge is 2.28. The van der Waals surface area contributed by atoms with Gasteiger partial charge in [0.2, 0.25) is 15.9 Å². The van der Waals surface area contributed by atoms with E-state index in [9.17, 15) is 13.2 Å². The molecule has 2 aromatic rings. The first-order valence-electron chi connectivity index (χ1n) is 9.44. The Balaban J connectivity index is 1.84. The third-order valence-electron chi connectivity index (χ3n) is 4.85. The first-order valence-corrected chi connectivity index (χ1v) is 10.9. The maximum atomic E-state index is 13.2. The molecule has 0 N–H and O–H groups in total. The summed E-state index contributed by atoms with van der Waals surface area (Å²) >= 11 is 0. The number of nitrogens with zero attached hydrogens (tertiary/aromatic N) is 2. The molecule has 0 spiro atoms. The van der Waals surface area contributed by atoms with Crippen LogP contribution in [0.5, 0.6) is 0 Å². The van der Waals surface area contributed by atoms with Crippen molar-refractivity contribution in [3.63, 3.8) is 0 Å². The van der Waals surface area contributed by atoms with Crippen LogP contribution in [-0.2, 0) is 21.4 Å². The molecule has 1 heterocycles. The van der Waals surface area contributed by atoms with E-state index in [1.807, 2.05) is 35.2 Å². The highest BCUT2D eigenvalue weighted by atomic mass is 32.2. The van der Waals surface area contributed by atoms with E-state index in [1.54, 1.807) is 30.3 Å². The lowest BCUT2D eigenvalue weighted by Crippen LogP contribution is -2.43. The molecule has 5 nitrogen and oxygen atoms in total. The van der Waals surface area contributed by atoms with Gasteiger partial charge in [0.1, 0.15) is 0 Å². The van der Waals surface area contributed by atoms with Gasteiger partial charge in [0, 0.05) is 19.6 Å². The molecular formula is C21H26N2O3S. The van der Waals surface area contributed by atoms with E-state index >= 15 is 0 Å². The second-order valence-corrected chi connectivity index (χ2v) is 8.80. The third-order valence-corrected chi connectivity index (χ3v) is 6.66. The zero-order valence-electron chi connectivity index (χ0n) is 15.5. The fraction of sp³-hybridized carbons (Fsp3) is 0.381. The Hall–Kier alpha value is -2.18. The maximum Gasteiger partial charge on any atom is 0.243 e. The number of carbonyl (C=O) groups is 1. The van der Waals surface area contributed by atoms with Gasteiger partial charge in [-0.2, -0.15) is 4.31 Å². The number of rotatable bonds is 6. The predicted molar refractivity (Wildman–Crippen MR) is 106 cm³/mol. The molecule has 1 amide bonds. The van der Waals surface area contributed by atoms with Crippen LogP contribution in [0, 0.1) is 0 Å². The van der Waals surface area contributed by atoms with E-state index in [0.717, 1.165) is 31.2 Å². The van der Waals surface area contributed by atoms with E-state index in [1.165, 1.54) is 4.31 Å². The van der Waals surface area contributed by atoms with Crippen molar-refractivity contribution in [3.8, 4) is 0 Å². The standard InChI is InChI=1S/C21H26N2O3S/c24-21(22-15-9-1-2-10-16-22)18-23(17-19-11-5-3-6-12-19)27(25,26)20-13-7-4-8-14-20/h3-8,11-14H,1-2,9-10,15-18H2. The fourth-order valence-corrected chi connectivity index (χ4v) is 4.72. The van der Waals surface area contributed by atoms with Crippen LogP contribution in [0.3, 0.4) is 0 Å². The Morgan fingerprint density at radius 2 is 1.41 bits per heavy atom. The lowest BCUT2D eigenvalue weighted by molar-refractivity contribution is -0.131. The summed E-state index contributed by atoms with van der Waals surface area (Å²) in [5.74, 6) is -0.118. The van der Waals surface area contributed by atoms with Crippen molar-refractivity contribution in [1.82, 2.24) is 9.21 Å². The summed E-state index contributed by atoms with van der Waals surface area (Å²) in [7, 11) is -3.76. The number of likely N-dealkylation sites (tertiary alicyclic amines) is 1. The zero-order chi connectivity index (χ0) is 19.1. The average molecular weight is 387 g/mol. The van der Waals surface area contributed by atoms with E-state index in [-0.39, 0.29) is 23.9 Å². The summed E-state index contributed by atoms with van der Waals surface area (Å²) in [6, 6.07) is 17.7. The van der Waals surface area contributed by atoms with Crippen LogP contribution in [0.4, 0.5) is 0 Å². The van der Waals surface area contributed by atoms with Crippen LogP contribution >= 0.6 is 0 Å². The topological polar surface area (TPSA) is 57.7 Å². The molecule has 1 fully saturated rings.